The predicted octanol–water partition coefficient (Wildman–Crippen LogP) is 2.53. The molecule has 1 aromatic carbocycles. The first kappa shape index (κ1) is 16.5. The molecule has 2 amide bonds. The minimum Gasteiger partial charge on any atom is -0.355 e. The molecule has 1 aromatic rings. The van der Waals surface area contributed by atoms with Crippen molar-refractivity contribution in [2.75, 3.05) is 6.54 Å². The van der Waals surface area contributed by atoms with Gasteiger partial charge in [0.05, 0.1) is 0 Å². The molecule has 2 N–H and O–H groups in total. The first-order valence-corrected chi connectivity index (χ1v) is 7.90. The van der Waals surface area contributed by atoms with Crippen molar-refractivity contribution in [2.45, 2.75) is 45.6 Å². The number of halogens is 1. The SMILES string of the molecule is CCCCCNC(=O)C1(C(=O)NCc2ccccc2F)CC1. The van der Waals surface area contributed by atoms with Gasteiger partial charge in [-0.1, -0.05) is 38.0 Å². The van der Waals surface area contributed by atoms with E-state index in [1.165, 1.54) is 6.07 Å². The standard InChI is InChI=1S/C17H23FN2O2/c1-2-3-6-11-19-15(21)17(9-10-17)16(22)20-12-13-7-4-5-8-14(13)18/h4-5,7-8H,2-3,6,9-12H2,1H3,(H,19,21)(H,20,22). The lowest BCUT2D eigenvalue weighted by Crippen LogP contribution is -2.43. The van der Waals surface area contributed by atoms with Crippen molar-refractivity contribution in [1.29, 1.82) is 0 Å². The summed E-state index contributed by atoms with van der Waals surface area (Å²) in [6.07, 6.45) is 4.21. The normalized spacial score (nSPS) is 15.2. The van der Waals surface area contributed by atoms with Crippen molar-refractivity contribution < 1.29 is 14.0 Å². The molecule has 1 aliphatic rings. The molecule has 5 heteroatoms. The highest BCUT2D eigenvalue weighted by Gasteiger charge is 2.56. The van der Waals surface area contributed by atoms with Crippen molar-refractivity contribution >= 4 is 11.8 Å². The second-order valence-corrected chi connectivity index (χ2v) is 5.82. The molecule has 1 saturated carbocycles. The molecule has 2 rings (SSSR count). The number of benzene rings is 1. The number of carbonyl (C=O) groups is 2. The average Bonchev–Trinajstić information content (AvgIpc) is 3.32. The van der Waals surface area contributed by atoms with E-state index >= 15 is 0 Å². The fraction of sp³-hybridized carbons (Fsp3) is 0.529. The highest BCUT2D eigenvalue weighted by molar-refractivity contribution is 6.07. The third-order valence-electron chi connectivity index (χ3n) is 4.08. The van der Waals surface area contributed by atoms with E-state index in [9.17, 15) is 14.0 Å². The average molecular weight is 306 g/mol. The van der Waals surface area contributed by atoms with Gasteiger partial charge in [-0.2, -0.15) is 0 Å². The summed E-state index contributed by atoms with van der Waals surface area (Å²) in [6, 6.07) is 6.31. The minimum atomic E-state index is -0.933. The maximum absolute atomic E-state index is 13.5. The molecule has 1 aliphatic carbocycles. The van der Waals surface area contributed by atoms with Crippen LogP contribution in [0.3, 0.4) is 0 Å². The Bertz CT molecular complexity index is 541. The summed E-state index contributed by atoms with van der Waals surface area (Å²) in [4.78, 5) is 24.4. The summed E-state index contributed by atoms with van der Waals surface area (Å²) in [5.74, 6) is -0.852. The molecule has 0 unspecified atom stereocenters. The van der Waals surface area contributed by atoms with Crippen LogP contribution in [-0.4, -0.2) is 18.4 Å². The highest BCUT2D eigenvalue weighted by Crippen LogP contribution is 2.46. The molecule has 0 saturated heterocycles. The van der Waals surface area contributed by atoms with Gasteiger partial charge in [0.25, 0.3) is 0 Å². The number of unbranched alkanes of at least 4 members (excludes halogenated alkanes) is 2. The summed E-state index contributed by atoms with van der Waals surface area (Å²) in [5, 5.41) is 5.52. The van der Waals surface area contributed by atoms with Crippen molar-refractivity contribution in [1.82, 2.24) is 10.6 Å². The van der Waals surface area contributed by atoms with Gasteiger partial charge in [0.1, 0.15) is 11.2 Å². The van der Waals surface area contributed by atoms with Crippen molar-refractivity contribution in [3.63, 3.8) is 0 Å². The van der Waals surface area contributed by atoms with E-state index in [1.54, 1.807) is 18.2 Å². The molecule has 0 radical (unpaired) electrons. The molecule has 0 bridgehead atoms. The topological polar surface area (TPSA) is 58.2 Å². The fourth-order valence-corrected chi connectivity index (χ4v) is 2.41. The van der Waals surface area contributed by atoms with Gasteiger partial charge in [0.2, 0.25) is 11.8 Å². The zero-order valence-electron chi connectivity index (χ0n) is 13.0. The zero-order valence-corrected chi connectivity index (χ0v) is 13.0. The van der Waals surface area contributed by atoms with Crippen LogP contribution in [0.4, 0.5) is 4.39 Å². The maximum Gasteiger partial charge on any atom is 0.235 e. The Kier molecular flexibility index (Phi) is 5.52. The Hall–Kier alpha value is -1.91. The Morgan fingerprint density at radius 1 is 1.14 bits per heavy atom. The monoisotopic (exact) mass is 306 g/mol. The highest BCUT2D eigenvalue weighted by atomic mass is 19.1. The van der Waals surface area contributed by atoms with E-state index in [4.69, 9.17) is 0 Å². The lowest BCUT2D eigenvalue weighted by atomic mass is 10.0. The van der Waals surface area contributed by atoms with E-state index in [-0.39, 0.29) is 24.2 Å². The maximum atomic E-state index is 13.5. The van der Waals surface area contributed by atoms with Crippen LogP contribution in [0.1, 0.15) is 44.6 Å². The molecule has 0 heterocycles. The second-order valence-electron chi connectivity index (χ2n) is 5.82. The quantitative estimate of drug-likeness (QED) is 0.573. The molecule has 0 aliphatic heterocycles. The second kappa shape index (κ2) is 7.38. The molecule has 0 aromatic heterocycles. The Morgan fingerprint density at radius 3 is 2.45 bits per heavy atom. The summed E-state index contributed by atoms with van der Waals surface area (Å²) < 4.78 is 13.5. The predicted molar refractivity (Wildman–Crippen MR) is 82.4 cm³/mol. The number of hydrogen-bond acceptors (Lipinski definition) is 2. The van der Waals surface area contributed by atoms with Crippen LogP contribution in [0.5, 0.6) is 0 Å². The molecule has 22 heavy (non-hydrogen) atoms. The Labute approximate surface area is 130 Å². The van der Waals surface area contributed by atoms with Gasteiger partial charge in [0.15, 0.2) is 0 Å². The van der Waals surface area contributed by atoms with Crippen molar-refractivity contribution in [3.8, 4) is 0 Å². The third kappa shape index (κ3) is 3.84. The fourth-order valence-electron chi connectivity index (χ4n) is 2.41. The summed E-state index contributed by atoms with van der Waals surface area (Å²) in [6.45, 7) is 2.81. The number of rotatable bonds is 8. The third-order valence-corrected chi connectivity index (χ3v) is 4.08. The van der Waals surface area contributed by atoms with Crippen LogP contribution >= 0.6 is 0 Å². The van der Waals surface area contributed by atoms with E-state index in [0.717, 1.165) is 19.3 Å². The summed E-state index contributed by atoms with van der Waals surface area (Å²) in [5.41, 5.74) is -0.507. The zero-order chi connectivity index (χ0) is 16.0. The number of amides is 2. The summed E-state index contributed by atoms with van der Waals surface area (Å²) in [7, 11) is 0. The first-order valence-electron chi connectivity index (χ1n) is 7.90. The van der Waals surface area contributed by atoms with Crippen LogP contribution in [0, 0.1) is 11.2 Å². The van der Waals surface area contributed by atoms with Crippen molar-refractivity contribution in [2.24, 2.45) is 5.41 Å². The van der Waals surface area contributed by atoms with Gasteiger partial charge in [0, 0.05) is 18.7 Å². The van der Waals surface area contributed by atoms with Gasteiger partial charge < -0.3 is 10.6 Å². The molecule has 0 spiro atoms. The largest absolute Gasteiger partial charge is 0.355 e. The van der Waals surface area contributed by atoms with Gasteiger partial charge in [-0.3, -0.25) is 9.59 Å². The molecule has 120 valence electrons. The molecule has 4 nitrogen and oxygen atoms in total. The van der Waals surface area contributed by atoms with E-state index < -0.39 is 5.41 Å². The van der Waals surface area contributed by atoms with Gasteiger partial charge in [-0.25, -0.2) is 4.39 Å². The van der Waals surface area contributed by atoms with Gasteiger partial charge in [-0.15, -0.1) is 0 Å². The van der Waals surface area contributed by atoms with Gasteiger partial charge >= 0.3 is 0 Å². The van der Waals surface area contributed by atoms with Crippen LogP contribution in [-0.2, 0) is 16.1 Å². The smallest absolute Gasteiger partial charge is 0.235 e. The van der Waals surface area contributed by atoms with E-state index in [0.29, 0.717) is 24.9 Å². The van der Waals surface area contributed by atoms with E-state index in [1.807, 2.05) is 0 Å². The lowest BCUT2D eigenvalue weighted by Gasteiger charge is -2.15. The van der Waals surface area contributed by atoms with Crippen LogP contribution < -0.4 is 10.6 Å². The van der Waals surface area contributed by atoms with Crippen LogP contribution in [0.25, 0.3) is 0 Å². The molecular weight excluding hydrogens is 283 g/mol. The van der Waals surface area contributed by atoms with E-state index in [2.05, 4.69) is 17.6 Å². The molecule has 0 atom stereocenters. The molecule has 1 fully saturated rings. The first-order chi connectivity index (χ1) is 10.6. The Balaban J connectivity index is 1.83. The van der Waals surface area contributed by atoms with Crippen LogP contribution in [0.2, 0.25) is 0 Å². The minimum absolute atomic E-state index is 0.108. The number of hydrogen-bond donors (Lipinski definition) is 2. The van der Waals surface area contributed by atoms with Gasteiger partial charge in [-0.05, 0) is 25.3 Å². The van der Waals surface area contributed by atoms with Crippen LogP contribution in [0.15, 0.2) is 24.3 Å². The number of carbonyl (C=O) groups excluding carboxylic acids is 2. The van der Waals surface area contributed by atoms with Crippen molar-refractivity contribution in [3.05, 3.63) is 35.6 Å². The molecular formula is C17H23FN2O2. The summed E-state index contributed by atoms with van der Waals surface area (Å²) >= 11 is 0. The number of nitrogens with one attached hydrogen (secondary N) is 2. The lowest BCUT2D eigenvalue weighted by molar-refractivity contribution is -0.137. The Morgan fingerprint density at radius 2 is 1.82 bits per heavy atom.